The van der Waals surface area contributed by atoms with Crippen LogP contribution in [0.1, 0.15) is 5.56 Å². The molecule has 0 unspecified atom stereocenters. The number of fused-ring (bicyclic) bond motifs is 1. The molecule has 7 nitrogen and oxygen atoms in total. The number of pyridine rings is 1. The molecule has 29 heavy (non-hydrogen) atoms. The second-order valence-corrected chi connectivity index (χ2v) is 6.43. The monoisotopic (exact) mass is 384 g/mol. The summed E-state index contributed by atoms with van der Waals surface area (Å²) in [5.41, 5.74) is 5.51. The molecule has 4 aromatic rings. The zero-order valence-corrected chi connectivity index (χ0v) is 16.1. The Morgan fingerprint density at radius 3 is 2.79 bits per heavy atom. The van der Waals surface area contributed by atoms with Gasteiger partial charge in [0.15, 0.2) is 0 Å². The lowest BCUT2D eigenvalue weighted by atomic mass is 10.0. The van der Waals surface area contributed by atoms with Gasteiger partial charge >= 0.3 is 0 Å². The molecular formula is C22H20N6O. The van der Waals surface area contributed by atoms with E-state index in [0.717, 1.165) is 44.8 Å². The zero-order chi connectivity index (χ0) is 20.2. The third-order valence-electron chi connectivity index (χ3n) is 4.62. The van der Waals surface area contributed by atoms with Crippen LogP contribution in [0.4, 0.5) is 5.82 Å². The second-order valence-electron chi connectivity index (χ2n) is 6.43. The molecule has 144 valence electrons. The van der Waals surface area contributed by atoms with Gasteiger partial charge in [0.05, 0.1) is 5.69 Å². The number of amides is 1. The van der Waals surface area contributed by atoms with Gasteiger partial charge in [-0.3, -0.25) is 4.79 Å². The maximum atomic E-state index is 11.4. The summed E-state index contributed by atoms with van der Waals surface area (Å²) in [6.45, 7) is 0. The van der Waals surface area contributed by atoms with Gasteiger partial charge in [0.25, 0.3) is 0 Å². The van der Waals surface area contributed by atoms with Crippen molar-refractivity contribution >= 4 is 28.8 Å². The van der Waals surface area contributed by atoms with E-state index < -0.39 is 0 Å². The van der Waals surface area contributed by atoms with Crippen molar-refractivity contribution in [1.29, 1.82) is 0 Å². The molecule has 0 aliphatic carbocycles. The molecule has 1 amide bonds. The molecule has 1 aromatic carbocycles. The molecule has 0 spiro atoms. The molecule has 0 radical (unpaired) electrons. The Balaban J connectivity index is 1.74. The average molecular weight is 384 g/mol. The maximum absolute atomic E-state index is 11.4. The number of rotatable bonds is 5. The molecule has 0 aliphatic rings. The number of nitrogens with one attached hydrogen (secondary N) is 3. The minimum absolute atomic E-state index is 0.138. The Morgan fingerprint density at radius 1 is 1.07 bits per heavy atom. The fraction of sp³-hybridized carbons (Fsp3) is 0.0909. The van der Waals surface area contributed by atoms with Crippen LogP contribution in [0.3, 0.4) is 0 Å². The SMILES string of the molecule is CNC(=O)/C=C/c1cccc(-c2cnc3[nH]cc(-c4cc(NC)ncn4)c3c2)c1. The largest absolute Gasteiger partial charge is 0.373 e. The highest BCUT2D eigenvalue weighted by molar-refractivity contribution is 5.95. The fourth-order valence-corrected chi connectivity index (χ4v) is 3.09. The summed E-state index contributed by atoms with van der Waals surface area (Å²) in [6.07, 6.45) is 8.59. The van der Waals surface area contributed by atoms with Gasteiger partial charge in [-0.25, -0.2) is 15.0 Å². The third-order valence-corrected chi connectivity index (χ3v) is 4.62. The van der Waals surface area contributed by atoms with E-state index in [1.807, 2.05) is 49.8 Å². The molecule has 3 N–H and O–H groups in total. The zero-order valence-electron chi connectivity index (χ0n) is 16.1. The molecule has 7 heteroatoms. The Kier molecular flexibility index (Phi) is 5.03. The molecule has 3 aromatic heterocycles. The number of anilines is 1. The number of aromatic amines is 1. The van der Waals surface area contributed by atoms with Crippen LogP contribution in [0.2, 0.25) is 0 Å². The number of carbonyl (C=O) groups excluding carboxylic acids is 1. The van der Waals surface area contributed by atoms with Gasteiger partial charge < -0.3 is 15.6 Å². The van der Waals surface area contributed by atoms with Gasteiger partial charge in [-0.15, -0.1) is 0 Å². The van der Waals surface area contributed by atoms with Crippen LogP contribution >= 0.6 is 0 Å². The average Bonchev–Trinajstić information content (AvgIpc) is 3.21. The summed E-state index contributed by atoms with van der Waals surface area (Å²) in [5, 5.41) is 6.59. The first-order chi connectivity index (χ1) is 14.2. The molecule has 0 saturated heterocycles. The van der Waals surface area contributed by atoms with E-state index in [1.165, 1.54) is 6.08 Å². The first kappa shape index (κ1) is 18.4. The van der Waals surface area contributed by atoms with Gasteiger partial charge in [0.1, 0.15) is 17.8 Å². The molecule has 0 saturated carbocycles. The molecule has 0 atom stereocenters. The number of benzene rings is 1. The second kappa shape index (κ2) is 7.93. The van der Waals surface area contributed by atoms with Gasteiger partial charge in [0.2, 0.25) is 5.91 Å². The number of hydrogen-bond acceptors (Lipinski definition) is 5. The topological polar surface area (TPSA) is 95.6 Å². The quantitative estimate of drug-likeness (QED) is 0.458. The first-order valence-corrected chi connectivity index (χ1v) is 9.15. The van der Waals surface area contributed by atoms with Gasteiger partial charge in [-0.2, -0.15) is 0 Å². The summed E-state index contributed by atoms with van der Waals surface area (Å²) in [6, 6.07) is 12.0. The standard InChI is InChI=1S/C22H20N6O/c1-23-20-10-19(27-13-28-20)18-12-26-22-17(18)9-16(11-25-22)15-5-3-4-14(8-15)6-7-21(29)24-2/h3-13H,1-2H3,(H,24,29)(H,25,26)(H,23,27,28)/b7-6+. The highest BCUT2D eigenvalue weighted by atomic mass is 16.1. The van der Waals surface area contributed by atoms with Crippen LogP contribution in [-0.2, 0) is 4.79 Å². The van der Waals surface area contributed by atoms with Crippen molar-refractivity contribution in [3.05, 3.63) is 66.8 Å². The van der Waals surface area contributed by atoms with E-state index >= 15 is 0 Å². The molecular weight excluding hydrogens is 364 g/mol. The lowest BCUT2D eigenvalue weighted by Gasteiger charge is -2.05. The fourth-order valence-electron chi connectivity index (χ4n) is 3.09. The van der Waals surface area contributed by atoms with Crippen LogP contribution in [0.5, 0.6) is 0 Å². The summed E-state index contributed by atoms with van der Waals surface area (Å²) in [7, 11) is 3.43. The number of carbonyl (C=O) groups is 1. The van der Waals surface area contributed by atoms with Gasteiger partial charge in [-0.05, 0) is 29.3 Å². The molecule has 0 aliphatic heterocycles. The van der Waals surface area contributed by atoms with Crippen LogP contribution < -0.4 is 10.6 Å². The van der Waals surface area contributed by atoms with E-state index in [-0.39, 0.29) is 5.91 Å². The van der Waals surface area contributed by atoms with Crippen molar-refractivity contribution in [2.45, 2.75) is 0 Å². The minimum Gasteiger partial charge on any atom is -0.373 e. The van der Waals surface area contributed by atoms with Crippen molar-refractivity contribution in [2.75, 3.05) is 19.4 Å². The number of hydrogen-bond donors (Lipinski definition) is 3. The maximum Gasteiger partial charge on any atom is 0.243 e. The predicted molar refractivity (Wildman–Crippen MR) is 115 cm³/mol. The van der Waals surface area contributed by atoms with E-state index in [0.29, 0.717) is 0 Å². The van der Waals surface area contributed by atoms with E-state index in [2.05, 4.69) is 36.6 Å². The van der Waals surface area contributed by atoms with Crippen LogP contribution in [-0.4, -0.2) is 39.9 Å². The van der Waals surface area contributed by atoms with E-state index in [1.54, 1.807) is 19.5 Å². The Morgan fingerprint density at radius 2 is 1.97 bits per heavy atom. The van der Waals surface area contributed by atoms with E-state index in [4.69, 9.17) is 0 Å². The van der Waals surface area contributed by atoms with E-state index in [9.17, 15) is 4.79 Å². The van der Waals surface area contributed by atoms with Crippen molar-refractivity contribution in [2.24, 2.45) is 0 Å². The summed E-state index contributed by atoms with van der Waals surface area (Å²) in [5.74, 6) is 0.616. The summed E-state index contributed by atoms with van der Waals surface area (Å²) >= 11 is 0. The summed E-state index contributed by atoms with van der Waals surface area (Å²) < 4.78 is 0. The first-order valence-electron chi connectivity index (χ1n) is 9.15. The molecule has 0 fully saturated rings. The van der Waals surface area contributed by atoms with Crippen molar-refractivity contribution in [1.82, 2.24) is 25.3 Å². The lowest BCUT2D eigenvalue weighted by molar-refractivity contribution is -0.115. The minimum atomic E-state index is -0.138. The van der Waals surface area contributed by atoms with Crippen LogP contribution in [0.25, 0.3) is 39.5 Å². The number of aromatic nitrogens is 4. The number of nitrogens with zero attached hydrogens (tertiary/aromatic N) is 3. The Labute approximate surface area is 167 Å². The predicted octanol–water partition coefficient (Wildman–Crippen LogP) is 3.49. The number of H-pyrrole nitrogens is 1. The Bertz CT molecular complexity index is 1210. The molecule has 4 rings (SSSR count). The van der Waals surface area contributed by atoms with Gasteiger partial charge in [0, 0.05) is 55.1 Å². The van der Waals surface area contributed by atoms with Crippen molar-refractivity contribution in [3.63, 3.8) is 0 Å². The Hall–Kier alpha value is -4.00. The number of likely N-dealkylation sites (N-methyl/N-ethyl adjacent to an activating group) is 1. The highest BCUT2D eigenvalue weighted by Gasteiger charge is 2.11. The highest BCUT2D eigenvalue weighted by Crippen LogP contribution is 2.30. The molecule has 0 bridgehead atoms. The van der Waals surface area contributed by atoms with Crippen molar-refractivity contribution < 1.29 is 4.79 Å². The van der Waals surface area contributed by atoms with Crippen LogP contribution in [0.15, 0.2) is 61.2 Å². The van der Waals surface area contributed by atoms with Crippen LogP contribution in [0, 0.1) is 0 Å². The smallest absolute Gasteiger partial charge is 0.243 e. The summed E-state index contributed by atoms with van der Waals surface area (Å²) in [4.78, 5) is 27.8. The molecule has 3 heterocycles. The lowest BCUT2D eigenvalue weighted by Crippen LogP contribution is -2.13. The normalized spacial score (nSPS) is 11.1. The third kappa shape index (κ3) is 3.84. The van der Waals surface area contributed by atoms with Gasteiger partial charge in [-0.1, -0.05) is 18.2 Å². The van der Waals surface area contributed by atoms with Crippen molar-refractivity contribution in [3.8, 4) is 22.4 Å².